The number of ether oxygens (including phenoxy) is 1. The van der Waals surface area contributed by atoms with E-state index in [-0.39, 0.29) is 0 Å². The van der Waals surface area contributed by atoms with E-state index in [1.807, 2.05) is 25.2 Å². The number of aromatic nitrogens is 2. The number of hydrogen-bond donors (Lipinski definition) is 0. The summed E-state index contributed by atoms with van der Waals surface area (Å²) in [6, 6.07) is 8.06. The molecule has 114 valence electrons. The van der Waals surface area contributed by atoms with Crippen molar-refractivity contribution in [1.29, 1.82) is 0 Å². The third-order valence-corrected chi connectivity index (χ3v) is 3.09. The van der Waals surface area contributed by atoms with Crippen molar-refractivity contribution in [2.75, 3.05) is 14.2 Å². The van der Waals surface area contributed by atoms with Gasteiger partial charge in [0, 0.05) is 13.0 Å². The van der Waals surface area contributed by atoms with Crippen LogP contribution in [0.25, 0.3) is 0 Å². The third kappa shape index (κ3) is 4.86. The van der Waals surface area contributed by atoms with E-state index in [0.717, 1.165) is 24.5 Å². The summed E-state index contributed by atoms with van der Waals surface area (Å²) < 4.78 is 10.5. The summed E-state index contributed by atoms with van der Waals surface area (Å²) in [4.78, 5) is 6.56. The Bertz CT molecular complexity index is 566. The van der Waals surface area contributed by atoms with Crippen LogP contribution < -0.4 is 4.74 Å². The summed E-state index contributed by atoms with van der Waals surface area (Å²) in [5, 5.41) is 4.01. The zero-order chi connectivity index (χ0) is 15.2. The molecule has 0 unspecified atom stereocenters. The van der Waals surface area contributed by atoms with Gasteiger partial charge in [0.25, 0.3) is 0 Å². The maximum atomic E-state index is 5.29. The molecule has 0 fully saturated rings. The summed E-state index contributed by atoms with van der Waals surface area (Å²) >= 11 is 0. The zero-order valence-corrected chi connectivity index (χ0v) is 13.2. The van der Waals surface area contributed by atoms with Crippen LogP contribution >= 0.6 is 0 Å². The molecular weight excluding hydrogens is 266 g/mol. The van der Waals surface area contributed by atoms with Crippen molar-refractivity contribution in [3.63, 3.8) is 0 Å². The molecule has 5 heteroatoms. The molecule has 21 heavy (non-hydrogen) atoms. The molecular formula is C16H23N3O2. The Morgan fingerprint density at radius 3 is 2.81 bits per heavy atom. The second kappa shape index (κ2) is 7.22. The summed E-state index contributed by atoms with van der Waals surface area (Å²) in [6.07, 6.45) is 0.850. The third-order valence-electron chi connectivity index (χ3n) is 3.09. The van der Waals surface area contributed by atoms with Crippen molar-refractivity contribution in [3.8, 4) is 5.75 Å². The highest BCUT2D eigenvalue weighted by Crippen LogP contribution is 2.15. The van der Waals surface area contributed by atoms with Gasteiger partial charge in [-0.05, 0) is 30.7 Å². The highest BCUT2D eigenvalue weighted by Gasteiger charge is 2.10. The average Bonchev–Trinajstić information content (AvgIpc) is 2.85. The molecule has 0 aliphatic carbocycles. The molecule has 0 saturated heterocycles. The molecule has 0 saturated carbocycles. The first-order chi connectivity index (χ1) is 10.1. The number of methoxy groups -OCH3 is 1. The molecule has 1 heterocycles. The van der Waals surface area contributed by atoms with Crippen molar-refractivity contribution < 1.29 is 9.26 Å². The minimum absolute atomic E-state index is 0.532. The van der Waals surface area contributed by atoms with Crippen molar-refractivity contribution in [2.45, 2.75) is 33.4 Å². The van der Waals surface area contributed by atoms with E-state index < -0.39 is 0 Å². The molecule has 0 amide bonds. The second-order valence-corrected chi connectivity index (χ2v) is 5.73. The van der Waals surface area contributed by atoms with Gasteiger partial charge in [0.15, 0.2) is 5.82 Å². The highest BCUT2D eigenvalue weighted by atomic mass is 16.5. The minimum atomic E-state index is 0.532. The fourth-order valence-electron chi connectivity index (χ4n) is 2.17. The first kappa shape index (κ1) is 15.5. The Morgan fingerprint density at radius 1 is 1.29 bits per heavy atom. The largest absolute Gasteiger partial charge is 0.497 e. The van der Waals surface area contributed by atoms with E-state index in [1.54, 1.807) is 7.11 Å². The number of nitrogens with zero attached hydrogens (tertiary/aromatic N) is 3. The summed E-state index contributed by atoms with van der Waals surface area (Å²) in [7, 11) is 3.71. The van der Waals surface area contributed by atoms with Crippen molar-refractivity contribution in [3.05, 3.63) is 41.5 Å². The normalized spacial score (nSPS) is 11.3. The van der Waals surface area contributed by atoms with Crippen LogP contribution in [0.1, 0.15) is 31.1 Å². The number of hydrogen-bond acceptors (Lipinski definition) is 5. The molecule has 0 N–H and O–H groups in total. The molecule has 0 aliphatic heterocycles. The highest BCUT2D eigenvalue weighted by molar-refractivity contribution is 5.28. The first-order valence-corrected chi connectivity index (χ1v) is 7.19. The van der Waals surface area contributed by atoms with E-state index in [4.69, 9.17) is 9.26 Å². The van der Waals surface area contributed by atoms with Crippen LogP contribution in [0.4, 0.5) is 0 Å². The Kier molecular flexibility index (Phi) is 5.33. The SMILES string of the molecule is COc1cccc(CN(C)Cc2nc(CC(C)C)no2)c1. The van der Waals surface area contributed by atoms with Gasteiger partial charge < -0.3 is 9.26 Å². The van der Waals surface area contributed by atoms with Gasteiger partial charge in [-0.15, -0.1) is 0 Å². The van der Waals surface area contributed by atoms with Gasteiger partial charge in [0.1, 0.15) is 5.75 Å². The van der Waals surface area contributed by atoms with Crippen LogP contribution in [0.15, 0.2) is 28.8 Å². The zero-order valence-electron chi connectivity index (χ0n) is 13.2. The average molecular weight is 289 g/mol. The lowest BCUT2D eigenvalue weighted by Crippen LogP contribution is -2.17. The van der Waals surface area contributed by atoms with Gasteiger partial charge in [-0.2, -0.15) is 4.98 Å². The molecule has 0 atom stereocenters. The van der Waals surface area contributed by atoms with E-state index >= 15 is 0 Å². The van der Waals surface area contributed by atoms with Gasteiger partial charge in [0.2, 0.25) is 5.89 Å². The van der Waals surface area contributed by atoms with Gasteiger partial charge in [-0.1, -0.05) is 31.1 Å². The first-order valence-electron chi connectivity index (χ1n) is 7.19. The lowest BCUT2D eigenvalue weighted by Gasteiger charge is -2.14. The number of rotatable bonds is 7. The van der Waals surface area contributed by atoms with Crippen LogP contribution in [-0.2, 0) is 19.5 Å². The molecule has 0 radical (unpaired) electrons. The molecule has 2 aromatic rings. The van der Waals surface area contributed by atoms with E-state index in [2.05, 4.69) is 35.0 Å². The predicted molar refractivity (Wildman–Crippen MR) is 81.0 cm³/mol. The number of benzene rings is 1. The minimum Gasteiger partial charge on any atom is -0.497 e. The standard InChI is InChI=1S/C16H23N3O2/c1-12(2)8-15-17-16(21-18-15)11-19(3)10-13-6-5-7-14(9-13)20-4/h5-7,9,12H,8,10-11H2,1-4H3. The lowest BCUT2D eigenvalue weighted by atomic mass is 10.1. The van der Waals surface area contributed by atoms with Crippen molar-refractivity contribution in [2.24, 2.45) is 5.92 Å². The van der Waals surface area contributed by atoms with Gasteiger partial charge in [-0.25, -0.2) is 0 Å². The van der Waals surface area contributed by atoms with E-state index in [0.29, 0.717) is 18.4 Å². The molecule has 5 nitrogen and oxygen atoms in total. The molecule has 0 aliphatic rings. The van der Waals surface area contributed by atoms with Gasteiger partial charge >= 0.3 is 0 Å². The van der Waals surface area contributed by atoms with Crippen LogP contribution in [0.2, 0.25) is 0 Å². The van der Waals surface area contributed by atoms with Crippen LogP contribution in [0, 0.1) is 5.92 Å². The molecule has 2 rings (SSSR count). The molecule has 1 aromatic heterocycles. The molecule has 1 aromatic carbocycles. The summed E-state index contributed by atoms with van der Waals surface area (Å²) in [5.74, 6) is 2.86. The quantitative estimate of drug-likeness (QED) is 0.784. The maximum absolute atomic E-state index is 5.29. The smallest absolute Gasteiger partial charge is 0.240 e. The van der Waals surface area contributed by atoms with E-state index in [9.17, 15) is 0 Å². The Balaban J connectivity index is 1.91. The maximum Gasteiger partial charge on any atom is 0.240 e. The summed E-state index contributed by atoms with van der Waals surface area (Å²) in [6.45, 7) is 5.73. The predicted octanol–water partition coefficient (Wildman–Crippen LogP) is 2.91. The fraction of sp³-hybridized carbons (Fsp3) is 0.500. The molecule has 0 spiro atoms. The Hall–Kier alpha value is -1.88. The van der Waals surface area contributed by atoms with Gasteiger partial charge in [-0.3, -0.25) is 4.90 Å². The van der Waals surface area contributed by atoms with Crippen LogP contribution in [0.3, 0.4) is 0 Å². The lowest BCUT2D eigenvalue weighted by molar-refractivity contribution is 0.260. The summed E-state index contributed by atoms with van der Waals surface area (Å²) in [5.41, 5.74) is 1.19. The van der Waals surface area contributed by atoms with Crippen molar-refractivity contribution >= 4 is 0 Å². The monoisotopic (exact) mass is 289 g/mol. The second-order valence-electron chi connectivity index (χ2n) is 5.73. The Labute approximate surface area is 125 Å². The topological polar surface area (TPSA) is 51.4 Å². The fourth-order valence-corrected chi connectivity index (χ4v) is 2.17. The van der Waals surface area contributed by atoms with Crippen LogP contribution in [-0.4, -0.2) is 29.2 Å². The van der Waals surface area contributed by atoms with Crippen molar-refractivity contribution in [1.82, 2.24) is 15.0 Å². The molecule has 0 bridgehead atoms. The van der Waals surface area contributed by atoms with Gasteiger partial charge in [0.05, 0.1) is 13.7 Å². The Morgan fingerprint density at radius 2 is 2.10 bits per heavy atom. The van der Waals surface area contributed by atoms with E-state index in [1.165, 1.54) is 5.56 Å². The van der Waals surface area contributed by atoms with Crippen LogP contribution in [0.5, 0.6) is 5.75 Å².